The molecule has 1 atom stereocenters. The van der Waals surface area contributed by atoms with Crippen LogP contribution >= 0.6 is 0 Å². The summed E-state index contributed by atoms with van der Waals surface area (Å²) in [4.78, 5) is 4.28. The first-order valence-corrected chi connectivity index (χ1v) is 7.07. The van der Waals surface area contributed by atoms with Crippen molar-refractivity contribution < 1.29 is 9.50 Å². The van der Waals surface area contributed by atoms with E-state index in [0.717, 1.165) is 16.6 Å². The monoisotopic (exact) mass is 300 g/mol. The Balaban J connectivity index is 1.59. The summed E-state index contributed by atoms with van der Waals surface area (Å²) in [5.74, 6) is -0.307. The number of aliphatic hydroxyl groups excluding tert-OH is 1. The molecule has 0 spiro atoms. The Morgan fingerprint density at radius 2 is 2.09 bits per heavy atom. The largest absolute Gasteiger partial charge is 0.387 e. The molecule has 0 aliphatic rings. The summed E-state index contributed by atoms with van der Waals surface area (Å²) in [5, 5.41) is 21.2. The van der Waals surface area contributed by atoms with E-state index in [-0.39, 0.29) is 5.82 Å². The predicted molar refractivity (Wildman–Crippen MR) is 81.7 cm³/mol. The Labute approximate surface area is 127 Å². The lowest BCUT2D eigenvalue weighted by atomic mass is 10.1. The molecule has 2 aromatic heterocycles. The van der Waals surface area contributed by atoms with E-state index in [9.17, 15) is 9.50 Å². The van der Waals surface area contributed by atoms with Gasteiger partial charge in [-0.1, -0.05) is 12.1 Å². The maximum Gasteiger partial charge on any atom is 0.181 e. The van der Waals surface area contributed by atoms with Gasteiger partial charge in [-0.2, -0.15) is 5.10 Å². The third-order valence-corrected chi connectivity index (χ3v) is 3.58. The first-order valence-electron chi connectivity index (χ1n) is 7.07. The Morgan fingerprint density at radius 1 is 1.32 bits per heavy atom. The van der Waals surface area contributed by atoms with E-state index in [1.807, 2.05) is 13.0 Å². The van der Waals surface area contributed by atoms with Crippen molar-refractivity contribution in [2.24, 2.45) is 0 Å². The standard InChI is InChI=1S/C16H17FN4O/c1-10-14-6-11(8-19-16(14)21-20-10)7-18-9-15(22)12-2-4-13(17)5-3-12/h2-6,8,15,18,22H,7,9H2,1H3,(H,19,20,21)/t15-/m1/s1. The predicted octanol–water partition coefficient (Wildman–Crippen LogP) is 2.23. The maximum absolute atomic E-state index is 12.8. The summed E-state index contributed by atoms with van der Waals surface area (Å²) < 4.78 is 12.8. The van der Waals surface area contributed by atoms with Gasteiger partial charge in [0.15, 0.2) is 5.65 Å². The number of aromatic amines is 1. The third kappa shape index (κ3) is 3.13. The van der Waals surface area contributed by atoms with E-state index in [1.54, 1.807) is 18.3 Å². The average Bonchev–Trinajstić information content (AvgIpc) is 2.89. The minimum absolute atomic E-state index is 0.307. The lowest BCUT2D eigenvalue weighted by Crippen LogP contribution is -2.21. The van der Waals surface area contributed by atoms with Gasteiger partial charge in [-0.25, -0.2) is 9.37 Å². The van der Waals surface area contributed by atoms with Crippen LogP contribution in [0.4, 0.5) is 4.39 Å². The molecule has 0 aliphatic heterocycles. The number of fused-ring (bicyclic) bond motifs is 1. The van der Waals surface area contributed by atoms with Crippen LogP contribution < -0.4 is 5.32 Å². The molecule has 0 bridgehead atoms. The normalized spacial score (nSPS) is 12.7. The molecule has 3 aromatic rings. The Bertz CT molecular complexity index is 769. The number of hydrogen-bond donors (Lipinski definition) is 3. The molecule has 6 heteroatoms. The number of aliphatic hydroxyl groups is 1. The number of rotatable bonds is 5. The summed E-state index contributed by atoms with van der Waals surface area (Å²) >= 11 is 0. The molecule has 3 rings (SSSR count). The van der Waals surface area contributed by atoms with Crippen LogP contribution in [0.15, 0.2) is 36.5 Å². The van der Waals surface area contributed by atoms with Gasteiger partial charge in [-0.3, -0.25) is 5.10 Å². The van der Waals surface area contributed by atoms with Crippen LogP contribution in [0.3, 0.4) is 0 Å². The number of benzene rings is 1. The van der Waals surface area contributed by atoms with Gasteiger partial charge in [-0.15, -0.1) is 0 Å². The molecular formula is C16H17FN4O. The number of aryl methyl sites for hydroxylation is 1. The molecule has 22 heavy (non-hydrogen) atoms. The van der Waals surface area contributed by atoms with Gasteiger partial charge in [-0.05, 0) is 36.2 Å². The highest BCUT2D eigenvalue weighted by atomic mass is 19.1. The Kier molecular flexibility index (Phi) is 4.13. The average molecular weight is 300 g/mol. The lowest BCUT2D eigenvalue weighted by molar-refractivity contribution is 0.174. The van der Waals surface area contributed by atoms with Gasteiger partial charge < -0.3 is 10.4 Å². The van der Waals surface area contributed by atoms with Crippen LogP contribution in [0.1, 0.15) is 22.9 Å². The van der Waals surface area contributed by atoms with Gasteiger partial charge in [0.25, 0.3) is 0 Å². The molecule has 2 heterocycles. The lowest BCUT2D eigenvalue weighted by Gasteiger charge is -2.12. The highest BCUT2D eigenvalue weighted by Crippen LogP contribution is 2.15. The molecular weight excluding hydrogens is 283 g/mol. The number of pyridine rings is 1. The van der Waals surface area contributed by atoms with Gasteiger partial charge in [0, 0.05) is 30.4 Å². The van der Waals surface area contributed by atoms with Crippen molar-refractivity contribution >= 4 is 11.0 Å². The molecule has 114 valence electrons. The highest BCUT2D eigenvalue weighted by molar-refractivity contribution is 5.77. The van der Waals surface area contributed by atoms with E-state index < -0.39 is 6.10 Å². The van der Waals surface area contributed by atoms with Crippen molar-refractivity contribution in [2.75, 3.05) is 6.54 Å². The summed E-state index contributed by atoms with van der Waals surface area (Å²) in [6.45, 7) is 2.92. The molecule has 0 saturated heterocycles. The summed E-state index contributed by atoms with van der Waals surface area (Å²) in [6.07, 6.45) is 1.09. The van der Waals surface area contributed by atoms with E-state index in [1.165, 1.54) is 12.1 Å². The topological polar surface area (TPSA) is 73.8 Å². The maximum atomic E-state index is 12.8. The minimum Gasteiger partial charge on any atom is -0.387 e. The smallest absolute Gasteiger partial charge is 0.181 e. The fraction of sp³-hybridized carbons (Fsp3) is 0.250. The van der Waals surface area contributed by atoms with Crippen LogP contribution in [0.25, 0.3) is 11.0 Å². The minimum atomic E-state index is -0.673. The second-order valence-corrected chi connectivity index (χ2v) is 5.26. The molecule has 0 unspecified atom stereocenters. The number of nitrogens with zero attached hydrogens (tertiary/aromatic N) is 2. The SMILES string of the molecule is Cc1[nH]nc2ncc(CNC[C@@H](O)c3ccc(F)cc3)cc12. The fourth-order valence-electron chi connectivity index (χ4n) is 2.32. The molecule has 0 radical (unpaired) electrons. The second kappa shape index (κ2) is 6.21. The van der Waals surface area contributed by atoms with Gasteiger partial charge in [0.05, 0.1) is 6.10 Å². The number of halogens is 1. The van der Waals surface area contributed by atoms with E-state index in [4.69, 9.17) is 0 Å². The van der Waals surface area contributed by atoms with Crippen LogP contribution in [0.5, 0.6) is 0 Å². The second-order valence-electron chi connectivity index (χ2n) is 5.26. The quantitative estimate of drug-likeness (QED) is 0.675. The van der Waals surface area contributed by atoms with Crippen molar-refractivity contribution in [1.29, 1.82) is 0 Å². The molecule has 3 N–H and O–H groups in total. The van der Waals surface area contributed by atoms with Crippen molar-refractivity contribution in [3.8, 4) is 0 Å². The van der Waals surface area contributed by atoms with Gasteiger partial charge in [0.2, 0.25) is 0 Å². The van der Waals surface area contributed by atoms with Gasteiger partial charge >= 0.3 is 0 Å². The number of hydrogen-bond acceptors (Lipinski definition) is 4. The molecule has 0 saturated carbocycles. The molecule has 5 nitrogen and oxygen atoms in total. The summed E-state index contributed by atoms with van der Waals surface area (Å²) in [5.41, 5.74) is 3.39. The van der Waals surface area contributed by atoms with E-state index in [2.05, 4.69) is 20.5 Å². The summed E-state index contributed by atoms with van der Waals surface area (Å²) in [7, 11) is 0. The Morgan fingerprint density at radius 3 is 2.86 bits per heavy atom. The third-order valence-electron chi connectivity index (χ3n) is 3.58. The van der Waals surface area contributed by atoms with E-state index >= 15 is 0 Å². The van der Waals surface area contributed by atoms with E-state index in [0.29, 0.717) is 24.3 Å². The van der Waals surface area contributed by atoms with Gasteiger partial charge in [0.1, 0.15) is 5.82 Å². The van der Waals surface area contributed by atoms with Crippen LogP contribution in [0.2, 0.25) is 0 Å². The number of H-pyrrole nitrogens is 1. The molecule has 0 fully saturated rings. The fourth-order valence-corrected chi connectivity index (χ4v) is 2.32. The molecule has 0 amide bonds. The van der Waals surface area contributed by atoms with Crippen molar-refractivity contribution in [2.45, 2.75) is 19.6 Å². The first-order chi connectivity index (χ1) is 10.6. The summed E-state index contributed by atoms with van der Waals surface area (Å²) in [6, 6.07) is 7.89. The van der Waals surface area contributed by atoms with Crippen LogP contribution in [-0.2, 0) is 6.54 Å². The molecule has 0 aliphatic carbocycles. The van der Waals surface area contributed by atoms with Crippen molar-refractivity contribution in [3.63, 3.8) is 0 Å². The molecule has 1 aromatic carbocycles. The number of nitrogens with one attached hydrogen (secondary N) is 2. The Hall–Kier alpha value is -2.31. The zero-order chi connectivity index (χ0) is 15.5. The van der Waals surface area contributed by atoms with Crippen molar-refractivity contribution in [3.05, 3.63) is 59.2 Å². The zero-order valence-corrected chi connectivity index (χ0v) is 12.2. The van der Waals surface area contributed by atoms with Crippen LogP contribution in [0, 0.1) is 12.7 Å². The van der Waals surface area contributed by atoms with Crippen LogP contribution in [-0.4, -0.2) is 26.8 Å². The zero-order valence-electron chi connectivity index (χ0n) is 12.2. The van der Waals surface area contributed by atoms with Crippen molar-refractivity contribution in [1.82, 2.24) is 20.5 Å². The highest BCUT2D eigenvalue weighted by Gasteiger charge is 2.08. The number of aromatic nitrogens is 3. The first kappa shape index (κ1) is 14.6.